The molecule has 0 aromatic heterocycles. The maximum Gasteiger partial charge on any atom is 0.0906 e. The van der Waals surface area contributed by atoms with Crippen molar-refractivity contribution >= 4 is 0 Å². The third-order valence-corrected chi connectivity index (χ3v) is 6.16. The number of hydrogen-bond acceptors (Lipinski definition) is 6. The van der Waals surface area contributed by atoms with Gasteiger partial charge in [0.1, 0.15) is 0 Å². The predicted octanol–water partition coefficient (Wildman–Crippen LogP) is -0.142. The van der Waals surface area contributed by atoms with Crippen LogP contribution in [0.3, 0.4) is 0 Å². The van der Waals surface area contributed by atoms with Gasteiger partial charge in [0.25, 0.3) is 0 Å². The van der Waals surface area contributed by atoms with Crippen molar-refractivity contribution in [2.24, 2.45) is 22.8 Å². The van der Waals surface area contributed by atoms with Crippen LogP contribution in [0.5, 0.6) is 0 Å². The molecule has 8 N–H and O–H groups in total. The molecule has 6 nitrogen and oxygen atoms in total. The molecule has 2 saturated carbocycles. The summed E-state index contributed by atoms with van der Waals surface area (Å²) < 4.78 is 0. The number of hydrogen-bond donors (Lipinski definition) is 6. The first-order valence-corrected chi connectivity index (χ1v) is 9.02. The van der Waals surface area contributed by atoms with Crippen molar-refractivity contribution in [2.45, 2.75) is 81.7 Å². The lowest BCUT2D eigenvalue weighted by Crippen LogP contribution is -2.55. The van der Waals surface area contributed by atoms with Crippen LogP contribution in [0.2, 0.25) is 0 Å². The Kier molecular flexibility index (Phi) is 6.44. The molecule has 23 heavy (non-hydrogen) atoms. The molecule has 0 saturated heterocycles. The summed E-state index contributed by atoms with van der Waals surface area (Å²) in [4.78, 5) is 0. The Hall–Kier alpha value is -0.240. The Morgan fingerprint density at radius 3 is 2.00 bits per heavy atom. The molecule has 2 rings (SSSR count). The second-order valence-corrected chi connectivity index (χ2v) is 7.85. The molecule has 136 valence electrons. The highest BCUT2D eigenvalue weighted by Gasteiger charge is 2.52. The molecule has 1 spiro atoms. The second-order valence-electron chi connectivity index (χ2n) is 7.85. The molecule has 6 heteroatoms. The minimum Gasteiger partial charge on any atom is -0.393 e. The Balaban J connectivity index is 2.00. The molecule has 0 radical (unpaired) electrons. The Labute approximate surface area is 138 Å². The average molecular weight is 330 g/mol. The van der Waals surface area contributed by atoms with E-state index >= 15 is 0 Å². The van der Waals surface area contributed by atoms with Gasteiger partial charge in [-0.15, -0.1) is 0 Å². The van der Waals surface area contributed by atoms with Gasteiger partial charge in [-0.2, -0.15) is 0 Å². The monoisotopic (exact) mass is 330 g/mol. The smallest absolute Gasteiger partial charge is 0.0906 e. The lowest BCUT2D eigenvalue weighted by Gasteiger charge is -2.52. The van der Waals surface area contributed by atoms with Crippen molar-refractivity contribution < 1.29 is 20.4 Å². The summed E-state index contributed by atoms with van der Waals surface area (Å²) in [6.45, 7) is 1.06. The van der Waals surface area contributed by atoms with Gasteiger partial charge in [-0.25, -0.2) is 0 Å². The summed E-state index contributed by atoms with van der Waals surface area (Å²) in [5, 5.41) is 42.1. The molecule has 2 fully saturated rings. The molecule has 4 unspecified atom stereocenters. The van der Waals surface area contributed by atoms with Crippen LogP contribution in [-0.2, 0) is 0 Å². The molecule has 0 bridgehead atoms. The van der Waals surface area contributed by atoms with Crippen molar-refractivity contribution in [3.63, 3.8) is 0 Å². The van der Waals surface area contributed by atoms with Crippen molar-refractivity contribution in [1.29, 1.82) is 0 Å². The maximum atomic E-state index is 10.6. The Morgan fingerprint density at radius 1 is 0.870 bits per heavy atom. The highest BCUT2D eigenvalue weighted by atomic mass is 16.3. The normalized spacial score (nSPS) is 44.6. The zero-order chi connectivity index (χ0) is 17.1. The van der Waals surface area contributed by atoms with E-state index in [0.29, 0.717) is 51.6 Å². The third-order valence-electron chi connectivity index (χ3n) is 6.16. The molecule has 4 atom stereocenters. The molecule has 2 aliphatic rings. The van der Waals surface area contributed by atoms with E-state index in [1.807, 2.05) is 0 Å². The summed E-state index contributed by atoms with van der Waals surface area (Å²) in [5.74, 6) is -0.126. The van der Waals surface area contributed by atoms with Gasteiger partial charge in [0, 0.05) is 5.92 Å². The Morgan fingerprint density at radius 2 is 1.48 bits per heavy atom. The van der Waals surface area contributed by atoms with Crippen LogP contribution in [0.1, 0.15) is 57.8 Å². The zero-order valence-electron chi connectivity index (χ0n) is 14.0. The summed E-state index contributed by atoms with van der Waals surface area (Å²) >= 11 is 0. The quantitative estimate of drug-likeness (QED) is 0.401. The van der Waals surface area contributed by atoms with Crippen molar-refractivity contribution in [2.75, 3.05) is 13.1 Å². The van der Waals surface area contributed by atoms with Crippen LogP contribution < -0.4 is 11.5 Å². The predicted molar refractivity (Wildman–Crippen MR) is 88.6 cm³/mol. The first-order valence-electron chi connectivity index (χ1n) is 9.02. The average Bonchev–Trinajstić information content (AvgIpc) is 2.49. The van der Waals surface area contributed by atoms with Crippen LogP contribution in [0.15, 0.2) is 0 Å². The fourth-order valence-corrected chi connectivity index (χ4v) is 4.69. The van der Waals surface area contributed by atoms with E-state index in [9.17, 15) is 20.4 Å². The minimum absolute atomic E-state index is 0.126. The van der Waals surface area contributed by atoms with E-state index in [-0.39, 0.29) is 11.3 Å². The molecule has 0 aromatic rings. The number of nitrogens with two attached hydrogens (primary N) is 2. The number of aliphatic hydroxyl groups is 4. The molecule has 0 heterocycles. The molecule has 2 aliphatic carbocycles. The first-order chi connectivity index (χ1) is 10.9. The summed E-state index contributed by atoms with van der Waals surface area (Å²) in [7, 11) is 0. The fourth-order valence-electron chi connectivity index (χ4n) is 4.69. The van der Waals surface area contributed by atoms with E-state index < -0.39 is 23.9 Å². The first kappa shape index (κ1) is 19.1. The van der Waals surface area contributed by atoms with Gasteiger partial charge in [0.15, 0.2) is 0 Å². The lowest BCUT2D eigenvalue weighted by atomic mass is 9.57. The van der Waals surface area contributed by atoms with Crippen molar-refractivity contribution in [1.82, 2.24) is 0 Å². The zero-order valence-corrected chi connectivity index (χ0v) is 14.0. The summed E-state index contributed by atoms with van der Waals surface area (Å²) in [5.41, 5.74) is 9.69. The molecule has 0 amide bonds. The molecular weight excluding hydrogens is 296 g/mol. The topological polar surface area (TPSA) is 133 Å². The van der Waals surface area contributed by atoms with Gasteiger partial charge >= 0.3 is 0 Å². The van der Waals surface area contributed by atoms with Gasteiger partial charge in [0.05, 0.1) is 23.9 Å². The van der Waals surface area contributed by atoms with Gasteiger partial charge in [0.2, 0.25) is 0 Å². The minimum atomic E-state index is -1.07. The van der Waals surface area contributed by atoms with E-state index in [1.165, 1.54) is 0 Å². The molecule has 0 aliphatic heterocycles. The van der Waals surface area contributed by atoms with Gasteiger partial charge in [-0.3, -0.25) is 0 Å². The van der Waals surface area contributed by atoms with E-state index in [4.69, 9.17) is 11.5 Å². The van der Waals surface area contributed by atoms with Gasteiger partial charge < -0.3 is 31.9 Å². The van der Waals surface area contributed by atoms with Gasteiger partial charge in [-0.05, 0) is 76.3 Å². The standard InChI is InChI=1S/C17H34N2O4/c18-7-1-3-12-13(20)9-16(10-14(12)21)5-6-17(23,4-2-8-19)15(22)11-16/h12-15,20-23H,1-11,18-19H2. The van der Waals surface area contributed by atoms with Gasteiger partial charge in [-0.1, -0.05) is 0 Å². The second kappa shape index (κ2) is 7.76. The number of rotatable bonds is 6. The third kappa shape index (κ3) is 4.24. The summed E-state index contributed by atoms with van der Waals surface area (Å²) in [6.07, 6.45) is 3.62. The highest BCUT2D eigenvalue weighted by Crippen LogP contribution is 2.52. The van der Waals surface area contributed by atoms with Crippen molar-refractivity contribution in [3.05, 3.63) is 0 Å². The van der Waals surface area contributed by atoms with E-state index in [1.54, 1.807) is 0 Å². The molecular formula is C17H34N2O4. The van der Waals surface area contributed by atoms with E-state index in [0.717, 1.165) is 19.3 Å². The van der Waals surface area contributed by atoms with Crippen LogP contribution in [0.25, 0.3) is 0 Å². The van der Waals surface area contributed by atoms with Crippen LogP contribution in [0.4, 0.5) is 0 Å². The number of aliphatic hydroxyl groups excluding tert-OH is 3. The van der Waals surface area contributed by atoms with E-state index in [2.05, 4.69) is 0 Å². The summed E-state index contributed by atoms with van der Waals surface area (Å²) in [6, 6.07) is 0. The van der Waals surface area contributed by atoms with Crippen LogP contribution in [-0.4, -0.2) is 57.4 Å². The maximum absolute atomic E-state index is 10.6. The lowest BCUT2D eigenvalue weighted by molar-refractivity contribution is -0.168. The Bertz CT molecular complexity index is 370. The fraction of sp³-hybridized carbons (Fsp3) is 1.00. The SMILES string of the molecule is NCCCC1C(O)CC2(CCC(O)(CCCN)C(O)C2)CC1O. The van der Waals surface area contributed by atoms with Crippen molar-refractivity contribution in [3.8, 4) is 0 Å². The van der Waals surface area contributed by atoms with Crippen LogP contribution >= 0.6 is 0 Å². The van der Waals surface area contributed by atoms with Crippen LogP contribution in [0, 0.1) is 11.3 Å². The largest absolute Gasteiger partial charge is 0.393 e. The molecule has 0 aromatic carbocycles. The highest BCUT2D eigenvalue weighted by molar-refractivity contribution is 5.03.